The van der Waals surface area contributed by atoms with Gasteiger partial charge in [-0.25, -0.2) is 4.68 Å². The number of benzene rings is 1. The van der Waals surface area contributed by atoms with Crippen LogP contribution < -0.4 is 0 Å². The van der Waals surface area contributed by atoms with E-state index >= 15 is 0 Å². The molecule has 1 aromatic carbocycles. The van der Waals surface area contributed by atoms with E-state index in [0.717, 1.165) is 11.3 Å². The second kappa shape index (κ2) is 5.72. The molecule has 0 aliphatic heterocycles. The second-order valence-corrected chi connectivity index (χ2v) is 5.06. The quantitative estimate of drug-likeness (QED) is 0.674. The van der Waals surface area contributed by atoms with E-state index in [9.17, 15) is 0 Å². The van der Waals surface area contributed by atoms with Crippen molar-refractivity contribution >= 4 is 27.5 Å². The molecule has 0 atom stereocenters. The van der Waals surface area contributed by atoms with Crippen LogP contribution in [0.25, 0.3) is 11.5 Å². The summed E-state index contributed by atoms with van der Waals surface area (Å²) in [5.41, 5.74) is 1.68. The maximum absolute atomic E-state index is 5.84. The van der Waals surface area contributed by atoms with E-state index in [0.29, 0.717) is 28.6 Å². The minimum absolute atomic E-state index is 0.414. The molecule has 20 heavy (non-hydrogen) atoms. The van der Waals surface area contributed by atoms with Gasteiger partial charge in [-0.2, -0.15) is 4.98 Å². The van der Waals surface area contributed by atoms with Crippen LogP contribution in [0.3, 0.4) is 0 Å². The summed E-state index contributed by atoms with van der Waals surface area (Å²) in [7, 11) is 0. The van der Waals surface area contributed by atoms with Gasteiger partial charge in [0, 0.05) is 22.1 Å². The summed E-state index contributed by atoms with van der Waals surface area (Å²) in [6.07, 6.45) is 1.83. The summed E-state index contributed by atoms with van der Waals surface area (Å²) in [4.78, 5) is 4.32. The molecule has 2 aromatic heterocycles. The zero-order valence-electron chi connectivity index (χ0n) is 10.2. The lowest BCUT2D eigenvalue weighted by molar-refractivity contribution is 0.418. The fourth-order valence-electron chi connectivity index (χ4n) is 1.65. The standard InChI is InChI=1S/C12H9BrClN5O/c13-5-10-6-19(18-16-10)7-11-15-12(20-17-11)8-1-3-9(14)4-2-8/h1-4,6H,5,7H2. The molecule has 0 bridgehead atoms. The van der Waals surface area contributed by atoms with Crippen molar-refractivity contribution in [2.75, 3.05) is 0 Å². The highest BCUT2D eigenvalue weighted by Gasteiger charge is 2.10. The van der Waals surface area contributed by atoms with Crippen LogP contribution in [0.15, 0.2) is 35.0 Å². The number of aromatic nitrogens is 5. The average Bonchev–Trinajstić information content (AvgIpc) is 3.09. The third kappa shape index (κ3) is 2.88. The van der Waals surface area contributed by atoms with E-state index in [-0.39, 0.29) is 0 Å². The van der Waals surface area contributed by atoms with Crippen LogP contribution in [0.5, 0.6) is 0 Å². The molecule has 0 aliphatic rings. The predicted octanol–water partition coefficient (Wildman–Crippen LogP) is 2.92. The number of rotatable bonds is 4. The molecule has 3 rings (SSSR count). The molecule has 0 unspecified atom stereocenters. The molecule has 0 saturated carbocycles. The molecule has 0 radical (unpaired) electrons. The third-order valence-electron chi connectivity index (χ3n) is 2.59. The zero-order chi connectivity index (χ0) is 13.9. The Balaban J connectivity index is 1.78. The summed E-state index contributed by atoms with van der Waals surface area (Å²) in [6.45, 7) is 0.414. The van der Waals surface area contributed by atoms with Crippen LogP contribution in [0.1, 0.15) is 11.5 Å². The fraction of sp³-hybridized carbons (Fsp3) is 0.167. The van der Waals surface area contributed by atoms with Gasteiger partial charge in [0.25, 0.3) is 5.89 Å². The van der Waals surface area contributed by atoms with E-state index in [2.05, 4.69) is 36.4 Å². The first-order chi connectivity index (χ1) is 9.74. The van der Waals surface area contributed by atoms with Crippen LogP contribution in [0, 0.1) is 0 Å². The lowest BCUT2D eigenvalue weighted by Crippen LogP contribution is -2.02. The van der Waals surface area contributed by atoms with E-state index < -0.39 is 0 Å². The van der Waals surface area contributed by atoms with Gasteiger partial charge in [-0.15, -0.1) is 5.10 Å². The number of hydrogen-bond acceptors (Lipinski definition) is 5. The van der Waals surface area contributed by atoms with Crippen molar-refractivity contribution in [3.8, 4) is 11.5 Å². The molecular formula is C12H9BrClN5O. The molecule has 0 fully saturated rings. The van der Waals surface area contributed by atoms with Gasteiger partial charge in [0.15, 0.2) is 5.82 Å². The van der Waals surface area contributed by atoms with Crippen molar-refractivity contribution in [3.05, 3.63) is 47.0 Å². The highest BCUT2D eigenvalue weighted by Crippen LogP contribution is 2.19. The Morgan fingerprint density at radius 1 is 1.25 bits per heavy atom. The van der Waals surface area contributed by atoms with E-state index in [1.54, 1.807) is 16.8 Å². The van der Waals surface area contributed by atoms with Crippen LogP contribution >= 0.6 is 27.5 Å². The monoisotopic (exact) mass is 353 g/mol. The molecule has 102 valence electrons. The molecular weight excluding hydrogens is 346 g/mol. The molecule has 8 heteroatoms. The SMILES string of the molecule is Clc1ccc(-c2nc(Cn3cc(CBr)nn3)no2)cc1. The summed E-state index contributed by atoms with van der Waals surface area (Å²) in [5.74, 6) is 0.999. The first-order valence-electron chi connectivity index (χ1n) is 5.78. The van der Waals surface area contributed by atoms with Gasteiger partial charge in [0.05, 0.1) is 5.69 Å². The molecule has 0 amide bonds. The highest BCUT2D eigenvalue weighted by atomic mass is 79.9. The lowest BCUT2D eigenvalue weighted by atomic mass is 10.2. The Labute approximate surface area is 127 Å². The zero-order valence-corrected chi connectivity index (χ0v) is 12.5. The molecule has 0 saturated heterocycles. The van der Waals surface area contributed by atoms with Gasteiger partial charge in [-0.1, -0.05) is 37.9 Å². The first-order valence-corrected chi connectivity index (χ1v) is 7.28. The second-order valence-electron chi connectivity index (χ2n) is 4.06. The smallest absolute Gasteiger partial charge is 0.257 e. The van der Waals surface area contributed by atoms with Crippen molar-refractivity contribution in [2.45, 2.75) is 11.9 Å². The maximum Gasteiger partial charge on any atom is 0.257 e. The minimum Gasteiger partial charge on any atom is -0.334 e. The molecule has 6 nitrogen and oxygen atoms in total. The van der Waals surface area contributed by atoms with Crippen molar-refractivity contribution < 1.29 is 4.52 Å². The van der Waals surface area contributed by atoms with Crippen LogP contribution in [-0.2, 0) is 11.9 Å². The largest absolute Gasteiger partial charge is 0.334 e. The molecule has 3 aromatic rings. The highest BCUT2D eigenvalue weighted by molar-refractivity contribution is 9.08. The van der Waals surface area contributed by atoms with Crippen LogP contribution in [-0.4, -0.2) is 25.1 Å². The number of nitrogens with zero attached hydrogens (tertiary/aromatic N) is 5. The number of hydrogen-bond donors (Lipinski definition) is 0. The third-order valence-corrected chi connectivity index (χ3v) is 3.41. The lowest BCUT2D eigenvalue weighted by Gasteiger charge is -1.94. The Kier molecular flexibility index (Phi) is 3.79. The summed E-state index contributed by atoms with van der Waals surface area (Å²) in [6, 6.07) is 7.22. The first kappa shape index (κ1) is 13.3. The number of halogens is 2. The van der Waals surface area contributed by atoms with Crippen molar-refractivity contribution in [2.24, 2.45) is 0 Å². The minimum atomic E-state index is 0.414. The Bertz CT molecular complexity index is 709. The molecule has 0 N–H and O–H groups in total. The Hall–Kier alpha value is -1.73. The van der Waals surface area contributed by atoms with Gasteiger partial charge >= 0.3 is 0 Å². The van der Waals surface area contributed by atoms with Crippen molar-refractivity contribution in [1.29, 1.82) is 0 Å². The van der Waals surface area contributed by atoms with Crippen molar-refractivity contribution in [3.63, 3.8) is 0 Å². The molecule has 0 spiro atoms. The molecule has 0 aliphatic carbocycles. The normalized spacial score (nSPS) is 10.9. The number of alkyl halides is 1. The summed E-state index contributed by atoms with van der Waals surface area (Å²) >= 11 is 9.16. The van der Waals surface area contributed by atoms with Gasteiger partial charge in [-0.05, 0) is 24.3 Å². The van der Waals surface area contributed by atoms with Gasteiger partial charge in [-0.3, -0.25) is 0 Å². The fourth-order valence-corrected chi connectivity index (χ4v) is 2.03. The average molecular weight is 355 g/mol. The Morgan fingerprint density at radius 2 is 2.05 bits per heavy atom. The summed E-state index contributed by atoms with van der Waals surface area (Å²) in [5, 5.41) is 13.2. The van der Waals surface area contributed by atoms with E-state index in [1.807, 2.05) is 18.3 Å². The van der Waals surface area contributed by atoms with E-state index in [4.69, 9.17) is 16.1 Å². The van der Waals surface area contributed by atoms with Gasteiger partial charge in [0.2, 0.25) is 0 Å². The topological polar surface area (TPSA) is 69.6 Å². The summed E-state index contributed by atoms with van der Waals surface area (Å²) < 4.78 is 6.88. The van der Waals surface area contributed by atoms with E-state index in [1.165, 1.54) is 0 Å². The Morgan fingerprint density at radius 3 is 2.75 bits per heavy atom. The van der Waals surface area contributed by atoms with Gasteiger partial charge in [0.1, 0.15) is 6.54 Å². The van der Waals surface area contributed by atoms with Crippen LogP contribution in [0.2, 0.25) is 5.02 Å². The van der Waals surface area contributed by atoms with Gasteiger partial charge < -0.3 is 4.52 Å². The predicted molar refractivity (Wildman–Crippen MR) is 76.5 cm³/mol. The van der Waals surface area contributed by atoms with Crippen molar-refractivity contribution in [1.82, 2.24) is 25.1 Å². The molecule has 2 heterocycles. The van der Waals surface area contributed by atoms with Crippen LogP contribution in [0.4, 0.5) is 0 Å². The maximum atomic E-state index is 5.84.